The lowest BCUT2D eigenvalue weighted by Crippen LogP contribution is -2.24. The zero-order valence-electron chi connectivity index (χ0n) is 9.62. The molecular weight excluding hydrogens is 204 g/mol. The van der Waals surface area contributed by atoms with Gasteiger partial charge in [-0.25, -0.2) is 0 Å². The van der Waals surface area contributed by atoms with Gasteiger partial charge in [-0.1, -0.05) is 6.92 Å². The summed E-state index contributed by atoms with van der Waals surface area (Å²) >= 11 is 1.94. The Labute approximate surface area is 96.3 Å². The monoisotopic (exact) mass is 224 g/mol. The van der Waals surface area contributed by atoms with Crippen LogP contribution in [0.4, 0.5) is 0 Å². The summed E-state index contributed by atoms with van der Waals surface area (Å²) in [6.45, 7) is 5.60. The van der Waals surface area contributed by atoms with Gasteiger partial charge in [0.05, 0.1) is 0 Å². The normalized spacial score (nSPS) is 16.2. The van der Waals surface area contributed by atoms with Gasteiger partial charge >= 0.3 is 0 Å². The second kappa shape index (κ2) is 5.10. The molecule has 84 valence electrons. The largest absolute Gasteiger partial charge is 0.315 e. The number of nitrogens with one attached hydrogen (secondary N) is 1. The van der Waals surface area contributed by atoms with Crippen LogP contribution >= 0.6 is 11.3 Å². The Morgan fingerprint density at radius 3 is 2.73 bits per heavy atom. The van der Waals surface area contributed by atoms with Crippen molar-refractivity contribution < 1.29 is 0 Å². The Hall–Kier alpha value is -0.380. The first kappa shape index (κ1) is 11.1. The fourth-order valence-electron chi connectivity index (χ4n) is 1.92. The molecule has 15 heavy (non-hydrogen) atoms. The van der Waals surface area contributed by atoms with Crippen LogP contribution in [0.25, 0.3) is 0 Å². The molecule has 2 nitrogen and oxygen atoms in total. The van der Waals surface area contributed by atoms with Gasteiger partial charge in [-0.3, -0.25) is 4.90 Å². The highest BCUT2D eigenvalue weighted by Crippen LogP contribution is 2.29. The van der Waals surface area contributed by atoms with E-state index in [0.29, 0.717) is 0 Å². The molecule has 1 N–H and O–H groups in total. The standard InChI is InChI=1S/C12H20N2S/c1-3-14(10-4-5-10)9-12-7-6-11(15-12)8-13-2/h6-7,10,13H,3-5,8-9H2,1-2H3. The van der Waals surface area contributed by atoms with E-state index in [-0.39, 0.29) is 0 Å². The maximum atomic E-state index is 3.20. The van der Waals surface area contributed by atoms with Crippen LogP contribution in [0.3, 0.4) is 0 Å². The molecule has 1 aliphatic rings. The molecule has 1 aromatic heterocycles. The SMILES string of the molecule is CCN(Cc1ccc(CNC)s1)C1CC1. The number of hydrogen-bond acceptors (Lipinski definition) is 3. The first-order valence-corrected chi connectivity index (χ1v) is 6.61. The van der Waals surface area contributed by atoms with E-state index in [2.05, 4.69) is 29.3 Å². The van der Waals surface area contributed by atoms with Gasteiger partial charge in [0.2, 0.25) is 0 Å². The van der Waals surface area contributed by atoms with Crippen LogP contribution in [0.2, 0.25) is 0 Å². The lowest BCUT2D eigenvalue weighted by Gasteiger charge is -2.18. The van der Waals surface area contributed by atoms with E-state index < -0.39 is 0 Å². The molecule has 1 fully saturated rings. The molecule has 0 aliphatic heterocycles. The molecule has 0 aromatic carbocycles. The van der Waals surface area contributed by atoms with E-state index in [4.69, 9.17) is 0 Å². The van der Waals surface area contributed by atoms with Crippen molar-refractivity contribution >= 4 is 11.3 Å². The smallest absolute Gasteiger partial charge is 0.0330 e. The number of rotatable bonds is 6. The maximum Gasteiger partial charge on any atom is 0.0330 e. The summed E-state index contributed by atoms with van der Waals surface area (Å²) < 4.78 is 0. The van der Waals surface area contributed by atoms with Gasteiger partial charge in [-0.05, 0) is 38.6 Å². The Morgan fingerprint density at radius 1 is 1.40 bits per heavy atom. The number of thiophene rings is 1. The molecular formula is C12H20N2S. The summed E-state index contributed by atoms with van der Waals surface area (Å²) in [5, 5.41) is 3.20. The van der Waals surface area contributed by atoms with Gasteiger partial charge in [-0.15, -0.1) is 11.3 Å². The Balaban J connectivity index is 1.90. The maximum absolute atomic E-state index is 3.20. The lowest BCUT2D eigenvalue weighted by molar-refractivity contribution is 0.272. The second-order valence-electron chi connectivity index (χ2n) is 4.19. The van der Waals surface area contributed by atoms with Gasteiger partial charge in [0.15, 0.2) is 0 Å². The van der Waals surface area contributed by atoms with Crippen molar-refractivity contribution in [2.45, 2.75) is 38.9 Å². The first-order valence-electron chi connectivity index (χ1n) is 5.79. The minimum atomic E-state index is 0.879. The van der Waals surface area contributed by atoms with Crippen LogP contribution in [-0.4, -0.2) is 24.5 Å². The summed E-state index contributed by atoms with van der Waals surface area (Å²) in [7, 11) is 2.00. The lowest BCUT2D eigenvalue weighted by atomic mass is 10.3. The summed E-state index contributed by atoms with van der Waals surface area (Å²) in [5.74, 6) is 0. The first-order chi connectivity index (χ1) is 7.33. The summed E-state index contributed by atoms with van der Waals surface area (Å²) in [6, 6.07) is 5.41. The van der Waals surface area contributed by atoms with E-state index in [0.717, 1.165) is 19.1 Å². The van der Waals surface area contributed by atoms with Crippen molar-refractivity contribution in [1.29, 1.82) is 0 Å². The molecule has 0 bridgehead atoms. The van der Waals surface area contributed by atoms with Crippen LogP contribution in [0.15, 0.2) is 12.1 Å². The van der Waals surface area contributed by atoms with E-state index in [1.807, 2.05) is 18.4 Å². The van der Waals surface area contributed by atoms with Crippen LogP contribution in [0.5, 0.6) is 0 Å². The molecule has 1 heterocycles. The topological polar surface area (TPSA) is 15.3 Å². The molecule has 0 atom stereocenters. The highest BCUT2D eigenvalue weighted by Gasteiger charge is 2.27. The van der Waals surface area contributed by atoms with Crippen molar-refractivity contribution in [1.82, 2.24) is 10.2 Å². The second-order valence-corrected chi connectivity index (χ2v) is 5.45. The zero-order chi connectivity index (χ0) is 10.7. The molecule has 0 spiro atoms. The predicted octanol–water partition coefficient (Wildman–Crippen LogP) is 2.45. The van der Waals surface area contributed by atoms with E-state index in [9.17, 15) is 0 Å². The zero-order valence-corrected chi connectivity index (χ0v) is 10.4. The van der Waals surface area contributed by atoms with Crippen LogP contribution in [-0.2, 0) is 13.1 Å². The number of nitrogens with zero attached hydrogens (tertiary/aromatic N) is 1. The van der Waals surface area contributed by atoms with Gasteiger partial charge in [-0.2, -0.15) is 0 Å². The van der Waals surface area contributed by atoms with Crippen molar-refractivity contribution in [3.63, 3.8) is 0 Å². The third kappa shape index (κ3) is 3.03. The predicted molar refractivity (Wildman–Crippen MR) is 66.2 cm³/mol. The quantitative estimate of drug-likeness (QED) is 0.798. The summed E-state index contributed by atoms with van der Waals surface area (Å²) in [6.07, 6.45) is 2.81. The average molecular weight is 224 g/mol. The molecule has 1 aromatic rings. The molecule has 0 saturated heterocycles. The molecule has 0 amide bonds. The van der Waals surface area contributed by atoms with Crippen LogP contribution < -0.4 is 5.32 Å². The van der Waals surface area contributed by atoms with Gasteiger partial charge in [0.25, 0.3) is 0 Å². The Morgan fingerprint density at radius 2 is 2.13 bits per heavy atom. The molecule has 2 rings (SSSR count). The minimum Gasteiger partial charge on any atom is -0.315 e. The third-order valence-electron chi connectivity index (χ3n) is 2.90. The highest BCUT2D eigenvalue weighted by molar-refractivity contribution is 7.11. The highest BCUT2D eigenvalue weighted by atomic mass is 32.1. The van der Waals surface area contributed by atoms with Crippen molar-refractivity contribution in [2.75, 3.05) is 13.6 Å². The Kier molecular flexibility index (Phi) is 3.78. The Bertz CT molecular complexity index is 304. The molecule has 0 radical (unpaired) electrons. The summed E-state index contributed by atoms with van der Waals surface area (Å²) in [5.41, 5.74) is 0. The molecule has 1 aliphatic carbocycles. The van der Waals surface area contributed by atoms with E-state index >= 15 is 0 Å². The molecule has 1 saturated carbocycles. The van der Waals surface area contributed by atoms with E-state index in [1.165, 1.54) is 29.1 Å². The van der Waals surface area contributed by atoms with E-state index in [1.54, 1.807) is 0 Å². The fourth-order valence-corrected chi connectivity index (χ4v) is 2.97. The fraction of sp³-hybridized carbons (Fsp3) is 0.667. The minimum absolute atomic E-state index is 0.879. The molecule has 3 heteroatoms. The van der Waals surface area contributed by atoms with Crippen molar-refractivity contribution in [2.24, 2.45) is 0 Å². The van der Waals surface area contributed by atoms with Crippen molar-refractivity contribution in [3.8, 4) is 0 Å². The average Bonchev–Trinajstić information content (AvgIpc) is 2.98. The van der Waals surface area contributed by atoms with Crippen LogP contribution in [0, 0.1) is 0 Å². The number of hydrogen-bond donors (Lipinski definition) is 1. The third-order valence-corrected chi connectivity index (χ3v) is 3.97. The molecule has 0 unspecified atom stereocenters. The van der Waals surface area contributed by atoms with Gasteiger partial charge in [0, 0.05) is 28.9 Å². The van der Waals surface area contributed by atoms with Crippen LogP contribution in [0.1, 0.15) is 29.5 Å². The summed E-state index contributed by atoms with van der Waals surface area (Å²) in [4.78, 5) is 5.54. The van der Waals surface area contributed by atoms with Gasteiger partial charge in [0.1, 0.15) is 0 Å². The van der Waals surface area contributed by atoms with Gasteiger partial charge < -0.3 is 5.32 Å². The van der Waals surface area contributed by atoms with Crippen molar-refractivity contribution in [3.05, 3.63) is 21.9 Å².